The number of rotatable bonds is 2. The van der Waals surface area contributed by atoms with Crippen molar-refractivity contribution in [1.82, 2.24) is 5.32 Å². The highest BCUT2D eigenvalue weighted by atomic mass is 32.2. The maximum atomic E-state index is 11.1. The largest absolute Gasteiger partial charge is 0.374 e. The van der Waals surface area contributed by atoms with Gasteiger partial charge >= 0.3 is 0 Å². The lowest BCUT2D eigenvalue weighted by atomic mass is 10.3. The highest BCUT2D eigenvalue weighted by Crippen LogP contribution is 2.21. The van der Waals surface area contributed by atoms with Crippen LogP contribution < -0.4 is 5.32 Å². The van der Waals surface area contributed by atoms with Crippen molar-refractivity contribution in [1.29, 1.82) is 0 Å². The molecule has 0 aromatic heterocycles. The van der Waals surface area contributed by atoms with E-state index in [-0.39, 0.29) is 5.78 Å². The summed E-state index contributed by atoms with van der Waals surface area (Å²) in [6, 6.07) is 0. The SMILES string of the molecule is CNC(=S)SC(C(C)=O)=C(C)C. The zero-order valence-electron chi connectivity index (χ0n) is 7.72. The normalized spacial score (nSPS) is 9.00. The van der Waals surface area contributed by atoms with E-state index in [1.165, 1.54) is 11.8 Å². The van der Waals surface area contributed by atoms with Crippen molar-refractivity contribution in [3.63, 3.8) is 0 Å². The van der Waals surface area contributed by atoms with E-state index in [2.05, 4.69) is 5.32 Å². The highest BCUT2D eigenvalue weighted by molar-refractivity contribution is 8.26. The number of hydrogen-bond donors (Lipinski definition) is 1. The molecule has 0 aliphatic carbocycles. The summed E-state index contributed by atoms with van der Waals surface area (Å²) in [5, 5.41) is 2.81. The minimum Gasteiger partial charge on any atom is -0.374 e. The second-order valence-electron chi connectivity index (χ2n) is 2.52. The Kier molecular flexibility index (Phi) is 5.17. The zero-order chi connectivity index (χ0) is 9.72. The van der Waals surface area contributed by atoms with Crippen LogP contribution in [0.5, 0.6) is 0 Å². The molecule has 0 saturated heterocycles. The molecule has 0 amide bonds. The van der Waals surface area contributed by atoms with Crippen LogP contribution >= 0.6 is 24.0 Å². The molecule has 0 heterocycles. The van der Waals surface area contributed by atoms with Crippen molar-refractivity contribution < 1.29 is 4.79 Å². The Balaban J connectivity index is 4.48. The van der Waals surface area contributed by atoms with Gasteiger partial charge in [0.15, 0.2) is 5.78 Å². The van der Waals surface area contributed by atoms with Gasteiger partial charge in [-0.25, -0.2) is 0 Å². The van der Waals surface area contributed by atoms with E-state index in [9.17, 15) is 4.79 Å². The molecule has 0 aliphatic heterocycles. The van der Waals surface area contributed by atoms with Crippen LogP contribution in [0.4, 0.5) is 0 Å². The van der Waals surface area contributed by atoms with E-state index in [4.69, 9.17) is 12.2 Å². The summed E-state index contributed by atoms with van der Waals surface area (Å²) in [5.74, 6) is 0.0672. The van der Waals surface area contributed by atoms with Crippen molar-refractivity contribution in [3.05, 3.63) is 10.5 Å². The molecule has 0 rings (SSSR count). The first-order valence-electron chi connectivity index (χ1n) is 3.57. The molecule has 68 valence electrons. The van der Waals surface area contributed by atoms with Crippen LogP contribution in [0.1, 0.15) is 20.8 Å². The zero-order valence-corrected chi connectivity index (χ0v) is 9.36. The smallest absolute Gasteiger partial charge is 0.166 e. The van der Waals surface area contributed by atoms with Crippen LogP contribution in [-0.2, 0) is 4.79 Å². The number of carbonyl (C=O) groups is 1. The summed E-state index contributed by atoms with van der Waals surface area (Å²) in [6.45, 7) is 5.36. The lowest BCUT2D eigenvalue weighted by molar-refractivity contribution is -0.113. The van der Waals surface area contributed by atoms with Crippen LogP contribution in [-0.4, -0.2) is 17.2 Å². The van der Waals surface area contributed by atoms with Crippen LogP contribution in [0, 0.1) is 0 Å². The van der Waals surface area contributed by atoms with Gasteiger partial charge < -0.3 is 5.32 Å². The Morgan fingerprint density at radius 2 is 1.83 bits per heavy atom. The molecule has 0 aromatic carbocycles. The van der Waals surface area contributed by atoms with Gasteiger partial charge in [-0.1, -0.05) is 29.6 Å². The van der Waals surface area contributed by atoms with Crippen LogP contribution in [0.3, 0.4) is 0 Å². The Morgan fingerprint density at radius 3 is 2.08 bits per heavy atom. The standard InChI is InChI=1S/C8H13NOS2/c1-5(2)7(6(3)10)12-8(11)9-4/h1-4H3,(H,9,11). The average molecular weight is 203 g/mol. The van der Waals surface area contributed by atoms with E-state index >= 15 is 0 Å². The quantitative estimate of drug-likeness (QED) is 0.550. The lowest BCUT2D eigenvalue weighted by Gasteiger charge is -2.05. The fourth-order valence-electron chi connectivity index (χ4n) is 0.670. The molecule has 0 saturated carbocycles. The topological polar surface area (TPSA) is 29.1 Å². The predicted molar refractivity (Wildman–Crippen MR) is 58.3 cm³/mol. The van der Waals surface area contributed by atoms with Crippen LogP contribution in [0.15, 0.2) is 10.5 Å². The van der Waals surface area contributed by atoms with Gasteiger partial charge in [-0.2, -0.15) is 0 Å². The summed E-state index contributed by atoms with van der Waals surface area (Å²) >= 11 is 6.25. The van der Waals surface area contributed by atoms with Gasteiger partial charge in [0.05, 0.1) is 4.91 Å². The van der Waals surface area contributed by atoms with Gasteiger partial charge in [-0.15, -0.1) is 0 Å². The summed E-state index contributed by atoms with van der Waals surface area (Å²) in [6.07, 6.45) is 0. The maximum absolute atomic E-state index is 11.1. The second-order valence-corrected chi connectivity index (χ2v) is 4.21. The van der Waals surface area contributed by atoms with Crippen molar-refractivity contribution >= 4 is 34.1 Å². The van der Waals surface area contributed by atoms with E-state index in [0.717, 1.165) is 10.5 Å². The number of nitrogens with one attached hydrogen (secondary N) is 1. The third kappa shape index (κ3) is 3.88. The maximum Gasteiger partial charge on any atom is 0.166 e. The fourth-order valence-corrected chi connectivity index (χ4v) is 1.56. The Bertz CT molecular complexity index is 229. The number of thiocarbonyl (C=S) groups is 1. The van der Waals surface area contributed by atoms with Gasteiger partial charge in [0.25, 0.3) is 0 Å². The molecule has 0 radical (unpaired) electrons. The third-order valence-corrected chi connectivity index (χ3v) is 2.92. The van der Waals surface area contributed by atoms with Crippen LogP contribution in [0.25, 0.3) is 0 Å². The molecule has 1 N–H and O–H groups in total. The minimum absolute atomic E-state index is 0.0672. The number of thioether (sulfide) groups is 1. The summed E-state index contributed by atoms with van der Waals surface area (Å²) < 4.78 is 0.626. The third-order valence-electron chi connectivity index (χ3n) is 1.17. The van der Waals surface area contributed by atoms with Crippen molar-refractivity contribution in [3.8, 4) is 0 Å². The Labute approximate surface area is 82.8 Å². The van der Waals surface area contributed by atoms with Gasteiger partial charge in [-0.3, -0.25) is 4.79 Å². The van der Waals surface area contributed by atoms with E-state index in [0.29, 0.717) is 4.32 Å². The monoisotopic (exact) mass is 203 g/mol. The number of hydrogen-bond acceptors (Lipinski definition) is 3. The lowest BCUT2D eigenvalue weighted by Crippen LogP contribution is -2.12. The molecule has 4 heteroatoms. The molecule has 0 atom stereocenters. The molecular weight excluding hydrogens is 190 g/mol. The van der Waals surface area contributed by atoms with Gasteiger partial charge in [-0.05, 0) is 20.8 Å². The second kappa shape index (κ2) is 5.32. The van der Waals surface area contributed by atoms with E-state index in [1.807, 2.05) is 13.8 Å². The van der Waals surface area contributed by atoms with Crippen molar-refractivity contribution in [2.45, 2.75) is 20.8 Å². The fraction of sp³-hybridized carbons (Fsp3) is 0.500. The Hall–Kier alpha value is -0.350. The molecule has 0 fully saturated rings. The first-order valence-corrected chi connectivity index (χ1v) is 4.79. The number of Topliss-reactive ketones (excluding diaryl/α,β-unsaturated/α-hetero) is 1. The summed E-state index contributed by atoms with van der Waals surface area (Å²) in [5.41, 5.74) is 1.00. The molecule has 0 aliphatic rings. The first kappa shape index (κ1) is 11.6. The summed E-state index contributed by atoms with van der Waals surface area (Å²) in [4.78, 5) is 11.8. The van der Waals surface area contributed by atoms with Gasteiger partial charge in [0, 0.05) is 7.05 Å². The minimum atomic E-state index is 0.0672. The molecule has 12 heavy (non-hydrogen) atoms. The Morgan fingerprint density at radius 1 is 1.33 bits per heavy atom. The molecule has 0 bridgehead atoms. The molecular formula is C8H13NOS2. The number of ketones is 1. The first-order chi connectivity index (χ1) is 5.49. The van der Waals surface area contributed by atoms with Crippen LogP contribution in [0.2, 0.25) is 0 Å². The van der Waals surface area contributed by atoms with Crippen molar-refractivity contribution in [2.24, 2.45) is 0 Å². The molecule has 0 spiro atoms. The molecule has 0 aromatic rings. The van der Waals surface area contributed by atoms with E-state index in [1.54, 1.807) is 14.0 Å². The number of allylic oxidation sites excluding steroid dienone is 2. The van der Waals surface area contributed by atoms with Gasteiger partial charge in [0.2, 0.25) is 0 Å². The number of carbonyl (C=O) groups excluding carboxylic acids is 1. The van der Waals surface area contributed by atoms with Crippen molar-refractivity contribution in [2.75, 3.05) is 7.05 Å². The summed E-state index contributed by atoms with van der Waals surface area (Å²) in [7, 11) is 1.75. The van der Waals surface area contributed by atoms with E-state index < -0.39 is 0 Å². The molecule has 2 nitrogen and oxygen atoms in total. The molecule has 0 unspecified atom stereocenters. The predicted octanol–water partition coefficient (Wildman–Crippen LogP) is 2.11. The highest BCUT2D eigenvalue weighted by Gasteiger charge is 2.08. The average Bonchev–Trinajstić information content (AvgIpc) is 1.98. The van der Waals surface area contributed by atoms with Gasteiger partial charge in [0.1, 0.15) is 4.32 Å².